The van der Waals surface area contributed by atoms with E-state index in [2.05, 4.69) is 16.3 Å². The Morgan fingerprint density at radius 2 is 1.73 bits per heavy atom. The third-order valence-corrected chi connectivity index (χ3v) is 6.10. The van der Waals surface area contributed by atoms with Gasteiger partial charge in [0.2, 0.25) is 18.6 Å². The number of anilines is 1. The molecule has 1 fully saturated rings. The minimum atomic E-state index is -0.0942. The van der Waals surface area contributed by atoms with Crippen molar-refractivity contribution in [2.45, 2.75) is 18.4 Å². The van der Waals surface area contributed by atoms with Gasteiger partial charge in [-0.15, -0.1) is 11.8 Å². The lowest BCUT2D eigenvalue weighted by atomic mass is 10.1. The van der Waals surface area contributed by atoms with Crippen molar-refractivity contribution in [2.24, 2.45) is 0 Å². The maximum atomic E-state index is 12.6. The number of fused-ring (bicyclic) bond motifs is 1. The fourth-order valence-electron chi connectivity index (χ4n) is 3.53. The van der Waals surface area contributed by atoms with Gasteiger partial charge in [-0.25, -0.2) is 0 Å². The Hall–Kier alpha value is -2.71. The molecule has 2 aromatic carbocycles. The van der Waals surface area contributed by atoms with Crippen LogP contribution in [0.4, 0.5) is 5.69 Å². The second kappa shape index (κ2) is 9.40. The predicted octanol–water partition coefficient (Wildman–Crippen LogP) is 2.81. The molecule has 158 valence electrons. The van der Waals surface area contributed by atoms with Crippen LogP contribution in [0, 0.1) is 0 Å². The highest BCUT2D eigenvalue weighted by atomic mass is 32.2. The van der Waals surface area contributed by atoms with Crippen LogP contribution in [0.1, 0.15) is 12.5 Å². The van der Waals surface area contributed by atoms with Crippen molar-refractivity contribution >= 4 is 29.3 Å². The van der Waals surface area contributed by atoms with Crippen LogP contribution in [-0.2, 0) is 16.1 Å². The molecule has 2 aliphatic heterocycles. The number of thioether (sulfide) groups is 1. The van der Waals surface area contributed by atoms with Crippen molar-refractivity contribution in [1.29, 1.82) is 0 Å². The van der Waals surface area contributed by atoms with E-state index in [1.165, 1.54) is 24.2 Å². The van der Waals surface area contributed by atoms with Crippen LogP contribution in [0.15, 0.2) is 47.4 Å². The molecule has 0 saturated carbocycles. The van der Waals surface area contributed by atoms with E-state index in [4.69, 9.17) is 9.47 Å². The SMILES string of the molecule is CC(=O)Nc1ccc(SCC(=O)N2CCN(Cc3ccc4c(c3)OCO4)CC2)cc1. The highest BCUT2D eigenvalue weighted by Gasteiger charge is 2.22. The van der Waals surface area contributed by atoms with E-state index in [1.54, 1.807) is 0 Å². The van der Waals surface area contributed by atoms with Crippen LogP contribution in [0.2, 0.25) is 0 Å². The molecule has 1 saturated heterocycles. The third-order valence-electron chi connectivity index (χ3n) is 5.11. The van der Waals surface area contributed by atoms with Gasteiger partial charge in [0.25, 0.3) is 0 Å². The fourth-order valence-corrected chi connectivity index (χ4v) is 4.33. The normalized spacial score (nSPS) is 15.8. The summed E-state index contributed by atoms with van der Waals surface area (Å²) in [6.07, 6.45) is 0. The Balaban J connectivity index is 1.21. The number of rotatable bonds is 6. The maximum Gasteiger partial charge on any atom is 0.233 e. The second-order valence-corrected chi connectivity index (χ2v) is 8.39. The Kier molecular flexibility index (Phi) is 6.44. The van der Waals surface area contributed by atoms with E-state index >= 15 is 0 Å². The summed E-state index contributed by atoms with van der Waals surface area (Å²) in [5.41, 5.74) is 1.95. The average molecular weight is 428 g/mol. The molecule has 2 aliphatic rings. The van der Waals surface area contributed by atoms with Gasteiger partial charge in [0, 0.05) is 50.2 Å². The summed E-state index contributed by atoms with van der Waals surface area (Å²) < 4.78 is 10.8. The Bertz CT molecular complexity index is 911. The van der Waals surface area contributed by atoms with Gasteiger partial charge < -0.3 is 19.7 Å². The first-order chi connectivity index (χ1) is 14.6. The first kappa shape index (κ1) is 20.6. The summed E-state index contributed by atoms with van der Waals surface area (Å²) in [6.45, 7) is 5.81. The number of benzene rings is 2. The highest BCUT2D eigenvalue weighted by Crippen LogP contribution is 2.32. The molecule has 0 unspecified atom stereocenters. The number of hydrogen-bond acceptors (Lipinski definition) is 6. The maximum absolute atomic E-state index is 12.6. The van der Waals surface area contributed by atoms with Crippen LogP contribution < -0.4 is 14.8 Å². The van der Waals surface area contributed by atoms with Gasteiger partial charge in [0.15, 0.2) is 11.5 Å². The highest BCUT2D eigenvalue weighted by molar-refractivity contribution is 8.00. The minimum Gasteiger partial charge on any atom is -0.454 e. The minimum absolute atomic E-state index is 0.0942. The molecule has 0 spiro atoms. The predicted molar refractivity (Wildman–Crippen MR) is 116 cm³/mol. The molecule has 4 rings (SSSR count). The molecule has 0 bridgehead atoms. The van der Waals surface area contributed by atoms with E-state index in [0.29, 0.717) is 5.75 Å². The van der Waals surface area contributed by atoms with Crippen molar-refractivity contribution in [2.75, 3.05) is 44.0 Å². The van der Waals surface area contributed by atoms with E-state index in [0.717, 1.165) is 54.8 Å². The van der Waals surface area contributed by atoms with Crippen molar-refractivity contribution in [3.63, 3.8) is 0 Å². The number of hydrogen-bond donors (Lipinski definition) is 1. The fraction of sp³-hybridized carbons (Fsp3) is 0.364. The van der Waals surface area contributed by atoms with E-state index in [9.17, 15) is 9.59 Å². The molecular weight excluding hydrogens is 402 g/mol. The first-order valence-corrected chi connectivity index (χ1v) is 10.9. The topological polar surface area (TPSA) is 71.1 Å². The van der Waals surface area contributed by atoms with Crippen LogP contribution >= 0.6 is 11.8 Å². The Morgan fingerprint density at radius 3 is 2.47 bits per heavy atom. The molecule has 0 aromatic heterocycles. The van der Waals surface area contributed by atoms with Crippen LogP contribution in [0.3, 0.4) is 0 Å². The van der Waals surface area contributed by atoms with Crippen molar-refractivity contribution in [1.82, 2.24) is 9.80 Å². The Morgan fingerprint density at radius 1 is 1.00 bits per heavy atom. The molecule has 1 N–H and O–H groups in total. The van der Waals surface area contributed by atoms with Gasteiger partial charge in [-0.2, -0.15) is 0 Å². The summed E-state index contributed by atoms with van der Waals surface area (Å²) in [5, 5.41) is 2.74. The van der Waals surface area contributed by atoms with Crippen LogP contribution in [0.25, 0.3) is 0 Å². The van der Waals surface area contributed by atoms with Gasteiger partial charge in [0.05, 0.1) is 5.75 Å². The monoisotopic (exact) mass is 427 g/mol. The molecule has 0 radical (unpaired) electrons. The number of carbonyl (C=O) groups excluding carboxylic acids is 2. The quantitative estimate of drug-likeness (QED) is 0.715. The number of nitrogens with one attached hydrogen (secondary N) is 1. The molecule has 0 aliphatic carbocycles. The van der Waals surface area contributed by atoms with Gasteiger partial charge in [-0.05, 0) is 42.0 Å². The molecule has 30 heavy (non-hydrogen) atoms. The number of piperazine rings is 1. The van der Waals surface area contributed by atoms with Gasteiger partial charge >= 0.3 is 0 Å². The molecule has 2 amide bonds. The lowest BCUT2D eigenvalue weighted by molar-refractivity contribution is -0.130. The molecule has 8 heteroatoms. The zero-order valence-electron chi connectivity index (χ0n) is 16.9. The number of carbonyl (C=O) groups is 2. The van der Waals surface area contributed by atoms with Gasteiger partial charge in [-0.3, -0.25) is 14.5 Å². The number of amides is 2. The molecule has 2 aromatic rings. The zero-order chi connectivity index (χ0) is 20.9. The lowest BCUT2D eigenvalue weighted by Gasteiger charge is -2.34. The van der Waals surface area contributed by atoms with E-state index in [1.807, 2.05) is 41.3 Å². The first-order valence-electron chi connectivity index (χ1n) is 9.96. The van der Waals surface area contributed by atoms with Crippen molar-refractivity contribution in [3.8, 4) is 11.5 Å². The molecular formula is C22H25N3O4S. The second-order valence-electron chi connectivity index (χ2n) is 7.34. The summed E-state index contributed by atoms with van der Waals surface area (Å²) in [4.78, 5) is 29.0. The van der Waals surface area contributed by atoms with Crippen LogP contribution in [0.5, 0.6) is 11.5 Å². The van der Waals surface area contributed by atoms with Crippen LogP contribution in [-0.4, -0.2) is 60.3 Å². The van der Waals surface area contributed by atoms with Crippen molar-refractivity contribution < 1.29 is 19.1 Å². The number of nitrogens with zero attached hydrogens (tertiary/aromatic N) is 2. The van der Waals surface area contributed by atoms with E-state index < -0.39 is 0 Å². The summed E-state index contributed by atoms with van der Waals surface area (Å²) in [5.74, 6) is 2.10. The molecule has 0 atom stereocenters. The number of ether oxygens (including phenoxy) is 2. The van der Waals surface area contributed by atoms with Gasteiger partial charge in [-0.1, -0.05) is 6.07 Å². The summed E-state index contributed by atoms with van der Waals surface area (Å²) in [7, 11) is 0. The zero-order valence-corrected chi connectivity index (χ0v) is 17.7. The lowest BCUT2D eigenvalue weighted by Crippen LogP contribution is -2.48. The molecule has 2 heterocycles. The average Bonchev–Trinajstić information content (AvgIpc) is 3.21. The van der Waals surface area contributed by atoms with E-state index in [-0.39, 0.29) is 18.6 Å². The smallest absolute Gasteiger partial charge is 0.233 e. The van der Waals surface area contributed by atoms with Gasteiger partial charge in [0.1, 0.15) is 0 Å². The van der Waals surface area contributed by atoms with Crippen molar-refractivity contribution in [3.05, 3.63) is 48.0 Å². The molecule has 7 nitrogen and oxygen atoms in total. The Labute approximate surface area is 180 Å². The summed E-state index contributed by atoms with van der Waals surface area (Å²) in [6, 6.07) is 13.6. The summed E-state index contributed by atoms with van der Waals surface area (Å²) >= 11 is 1.52. The largest absolute Gasteiger partial charge is 0.454 e. The standard InChI is InChI=1S/C22H25N3O4S/c1-16(26)23-18-3-5-19(6-4-18)30-14-22(27)25-10-8-24(9-11-25)13-17-2-7-20-21(12-17)29-15-28-20/h2-7,12H,8-11,13-15H2,1H3,(H,23,26). The third kappa shape index (κ3) is 5.25.